The predicted molar refractivity (Wildman–Crippen MR) is 75.4 cm³/mol. The number of carbonyl (C=O) groups excluding carboxylic acids is 1. The number of aromatic nitrogens is 1. The smallest absolute Gasteiger partial charge is 0.373 e. The Balaban J connectivity index is 3.06. The molecule has 1 rings (SSSR count). The number of anilines is 1. The van der Waals surface area contributed by atoms with Crippen LogP contribution in [-0.2, 0) is 6.42 Å². The zero-order valence-corrected chi connectivity index (χ0v) is 12.4. The van der Waals surface area contributed by atoms with Crippen LogP contribution in [0.2, 0.25) is 0 Å². The third-order valence-electron chi connectivity index (χ3n) is 2.93. The highest BCUT2D eigenvalue weighted by molar-refractivity contribution is 5.95. The molecule has 1 aromatic heterocycles. The van der Waals surface area contributed by atoms with Gasteiger partial charge >= 0.3 is 6.18 Å². The lowest BCUT2D eigenvalue weighted by Crippen LogP contribution is -2.38. The van der Waals surface area contributed by atoms with Crippen LogP contribution in [0.4, 0.5) is 19.0 Å². The standard InChI is InChI=1S/C14H20F3N3O/c1-4-6-11-7-10(8-12(18-3)19-11)13(21)20(5-2)9-14(15,16)17/h7-8H,4-6,9H2,1-3H3,(H,18,19). The average molecular weight is 303 g/mol. The summed E-state index contributed by atoms with van der Waals surface area (Å²) in [5.41, 5.74) is 0.916. The second kappa shape index (κ2) is 7.28. The van der Waals surface area contributed by atoms with Gasteiger partial charge in [0, 0.05) is 24.8 Å². The van der Waals surface area contributed by atoms with Crippen molar-refractivity contribution in [3.05, 3.63) is 23.4 Å². The molecule has 0 saturated carbocycles. The first-order valence-corrected chi connectivity index (χ1v) is 6.85. The van der Waals surface area contributed by atoms with Crippen molar-refractivity contribution in [3.63, 3.8) is 0 Å². The fourth-order valence-corrected chi connectivity index (χ4v) is 1.95. The van der Waals surface area contributed by atoms with Gasteiger partial charge in [0.2, 0.25) is 0 Å². The predicted octanol–water partition coefficient (Wildman–Crippen LogP) is 3.10. The van der Waals surface area contributed by atoms with Gasteiger partial charge < -0.3 is 10.2 Å². The first-order valence-electron chi connectivity index (χ1n) is 6.85. The molecule has 118 valence electrons. The Morgan fingerprint density at radius 3 is 2.48 bits per heavy atom. The highest BCUT2D eigenvalue weighted by Crippen LogP contribution is 2.19. The molecule has 0 aliphatic carbocycles. The molecule has 0 saturated heterocycles. The van der Waals surface area contributed by atoms with Gasteiger partial charge in [-0.2, -0.15) is 13.2 Å². The van der Waals surface area contributed by atoms with Gasteiger partial charge in [0.05, 0.1) is 0 Å². The molecule has 0 radical (unpaired) electrons. The Morgan fingerprint density at radius 1 is 1.33 bits per heavy atom. The monoisotopic (exact) mass is 303 g/mol. The molecule has 4 nitrogen and oxygen atoms in total. The molecule has 0 aliphatic rings. The van der Waals surface area contributed by atoms with Crippen molar-refractivity contribution >= 4 is 11.7 Å². The van der Waals surface area contributed by atoms with Gasteiger partial charge in [-0.1, -0.05) is 13.3 Å². The largest absolute Gasteiger partial charge is 0.406 e. The van der Waals surface area contributed by atoms with Crippen molar-refractivity contribution in [3.8, 4) is 0 Å². The molecule has 0 aliphatic heterocycles. The van der Waals surface area contributed by atoms with Gasteiger partial charge in [-0.3, -0.25) is 4.79 Å². The van der Waals surface area contributed by atoms with E-state index in [1.807, 2.05) is 6.92 Å². The summed E-state index contributed by atoms with van der Waals surface area (Å²) >= 11 is 0. The topological polar surface area (TPSA) is 45.2 Å². The summed E-state index contributed by atoms with van der Waals surface area (Å²) in [4.78, 5) is 17.3. The molecule has 0 atom stereocenters. The number of carbonyl (C=O) groups is 1. The summed E-state index contributed by atoms with van der Waals surface area (Å²) in [6.07, 6.45) is -2.90. The van der Waals surface area contributed by atoms with E-state index in [1.165, 1.54) is 13.0 Å². The van der Waals surface area contributed by atoms with E-state index in [-0.39, 0.29) is 12.1 Å². The Hall–Kier alpha value is -1.79. The number of hydrogen-bond donors (Lipinski definition) is 1. The number of halogens is 3. The lowest BCUT2D eigenvalue weighted by atomic mass is 10.1. The molecule has 0 fully saturated rings. The number of amides is 1. The Kier molecular flexibility index (Phi) is 5.99. The number of hydrogen-bond acceptors (Lipinski definition) is 3. The number of alkyl halides is 3. The SMILES string of the molecule is CCCc1cc(C(=O)N(CC)CC(F)(F)F)cc(NC)n1. The molecular weight excluding hydrogens is 283 g/mol. The molecule has 0 unspecified atom stereocenters. The molecule has 0 spiro atoms. The van der Waals surface area contributed by atoms with Crippen molar-refractivity contribution < 1.29 is 18.0 Å². The van der Waals surface area contributed by atoms with E-state index in [0.29, 0.717) is 17.9 Å². The van der Waals surface area contributed by atoms with Crippen molar-refractivity contribution in [1.29, 1.82) is 0 Å². The second-order valence-corrected chi connectivity index (χ2v) is 4.67. The average Bonchev–Trinajstić information content (AvgIpc) is 2.43. The van der Waals surface area contributed by atoms with Gasteiger partial charge in [-0.25, -0.2) is 4.98 Å². The molecule has 0 bridgehead atoms. The summed E-state index contributed by atoms with van der Waals surface area (Å²) in [6, 6.07) is 3.03. The van der Waals surface area contributed by atoms with Crippen molar-refractivity contribution in [2.24, 2.45) is 0 Å². The van der Waals surface area contributed by atoms with Gasteiger partial charge in [0.15, 0.2) is 0 Å². The number of nitrogens with zero attached hydrogens (tertiary/aromatic N) is 2. The van der Waals surface area contributed by atoms with Crippen LogP contribution in [-0.4, -0.2) is 42.1 Å². The van der Waals surface area contributed by atoms with Gasteiger partial charge in [0.25, 0.3) is 5.91 Å². The highest BCUT2D eigenvalue weighted by atomic mass is 19.4. The number of nitrogens with one attached hydrogen (secondary N) is 1. The third-order valence-corrected chi connectivity index (χ3v) is 2.93. The van der Waals surface area contributed by atoms with E-state index in [4.69, 9.17) is 0 Å². The first kappa shape index (κ1) is 17.3. The molecule has 7 heteroatoms. The summed E-state index contributed by atoms with van der Waals surface area (Å²) in [5, 5.41) is 2.82. The minimum atomic E-state index is -4.41. The molecule has 1 aromatic rings. The quantitative estimate of drug-likeness (QED) is 0.878. The van der Waals surface area contributed by atoms with Crippen LogP contribution in [0.15, 0.2) is 12.1 Å². The summed E-state index contributed by atoms with van der Waals surface area (Å²) < 4.78 is 37.5. The molecule has 21 heavy (non-hydrogen) atoms. The number of rotatable bonds is 6. The lowest BCUT2D eigenvalue weighted by molar-refractivity contribution is -0.140. The maximum absolute atomic E-state index is 12.5. The molecule has 0 aromatic carbocycles. The summed E-state index contributed by atoms with van der Waals surface area (Å²) in [6.45, 7) is 2.25. The van der Waals surface area contributed by atoms with Crippen molar-refractivity contribution in [2.45, 2.75) is 32.9 Å². The van der Waals surface area contributed by atoms with E-state index < -0.39 is 18.6 Å². The van der Waals surface area contributed by atoms with Gasteiger partial charge in [-0.05, 0) is 25.5 Å². The Bertz CT molecular complexity index is 489. The van der Waals surface area contributed by atoms with Crippen LogP contribution in [0.1, 0.15) is 36.3 Å². The second-order valence-electron chi connectivity index (χ2n) is 4.67. The third kappa shape index (κ3) is 5.24. The zero-order chi connectivity index (χ0) is 16.0. The van der Waals surface area contributed by atoms with E-state index >= 15 is 0 Å². The molecule has 1 amide bonds. The Morgan fingerprint density at radius 2 is 2.00 bits per heavy atom. The van der Waals surface area contributed by atoms with E-state index in [0.717, 1.165) is 11.3 Å². The maximum Gasteiger partial charge on any atom is 0.406 e. The highest BCUT2D eigenvalue weighted by Gasteiger charge is 2.32. The number of aryl methyl sites for hydroxylation is 1. The molecular formula is C14H20F3N3O. The Labute approximate surface area is 122 Å². The van der Waals surface area contributed by atoms with Gasteiger partial charge in [-0.15, -0.1) is 0 Å². The normalized spacial score (nSPS) is 11.3. The lowest BCUT2D eigenvalue weighted by Gasteiger charge is -2.22. The van der Waals surface area contributed by atoms with Crippen LogP contribution in [0.5, 0.6) is 0 Å². The summed E-state index contributed by atoms with van der Waals surface area (Å²) in [5.74, 6) is -0.154. The van der Waals surface area contributed by atoms with Crippen LogP contribution >= 0.6 is 0 Å². The zero-order valence-electron chi connectivity index (χ0n) is 12.4. The maximum atomic E-state index is 12.5. The van der Waals surface area contributed by atoms with E-state index in [1.54, 1.807) is 13.1 Å². The summed E-state index contributed by atoms with van der Waals surface area (Å²) in [7, 11) is 1.65. The van der Waals surface area contributed by atoms with E-state index in [2.05, 4.69) is 10.3 Å². The van der Waals surface area contributed by atoms with Crippen LogP contribution in [0.25, 0.3) is 0 Å². The fourth-order valence-electron chi connectivity index (χ4n) is 1.95. The van der Waals surface area contributed by atoms with E-state index in [9.17, 15) is 18.0 Å². The van der Waals surface area contributed by atoms with Crippen LogP contribution in [0.3, 0.4) is 0 Å². The first-order chi connectivity index (χ1) is 9.80. The minimum absolute atomic E-state index is 0.00133. The van der Waals surface area contributed by atoms with Crippen molar-refractivity contribution in [2.75, 3.05) is 25.5 Å². The molecule has 1 N–H and O–H groups in total. The molecule has 1 heterocycles. The van der Waals surface area contributed by atoms with Crippen molar-refractivity contribution in [1.82, 2.24) is 9.88 Å². The van der Waals surface area contributed by atoms with Gasteiger partial charge in [0.1, 0.15) is 12.4 Å². The fraction of sp³-hybridized carbons (Fsp3) is 0.571. The van der Waals surface area contributed by atoms with Crippen LogP contribution < -0.4 is 5.32 Å². The number of pyridine rings is 1. The minimum Gasteiger partial charge on any atom is -0.373 e. The van der Waals surface area contributed by atoms with Crippen LogP contribution in [0, 0.1) is 0 Å².